The minimum absolute atomic E-state index is 0.713. The molecule has 1 heterocycles. The topological polar surface area (TPSA) is 55.1 Å². The first-order valence-electron chi connectivity index (χ1n) is 10.4. The molecule has 3 aromatic carbocycles. The Hall–Kier alpha value is -3.63. The van der Waals surface area contributed by atoms with E-state index in [1.54, 1.807) is 6.08 Å². The monoisotopic (exact) mass is 442 g/mol. The molecule has 0 radical (unpaired) electrons. The number of benzene rings is 3. The number of carboxylic acids is 1. The third kappa shape index (κ3) is 4.36. The Morgan fingerprint density at radius 1 is 1.06 bits per heavy atom. The molecule has 1 aromatic heterocycles. The van der Waals surface area contributed by atoms with Crippen molar-refractivity contribution in [2.75, 3.05) is 0 Å². The van der Waals surface area contributed by atoms with E-state index >= 15 is 0 Å². The van der Waals surface area contributed by atoms with Gasteiger partial charge in [0.15, 0.2) is 0 Å². The van der Waals surface area contributed by atoms with Crippen molar-refractivity contribution in [3.8, 4) is 0 Å². The van der Waals surface area contributed by atoms with Crippen LogP contribution in [0.3, 0.4) is 0 Å². The Kier molecular flexibility index (Phi) is 6.24. The lowest BCUT2D eigenvalue weighted by Crippen LogP contribution is -1.96. The maximum atomic E-state index is 10.8. The maximum absolute atomic E-state index is 10.8. The number of aromatic nitrogens is 2. The predicted octanol–water partition coefficient (Wildman–Crippen LogP) is 6.69. The van der Waals surface area contributed by atoms with Crippen LogP contribution in [-0.2, 0) is 11.8 Å². The second-order valence-corrected chi connectivity index (χ2v) is 7.93. The van der Waals surface area contributed by atoms with Crippen molar-refractivity contribution in [1.82, 2.24) is 9.78 Å². The van der Waals surface area contributed by atoms with Gasteiger partial charge in [-0.3, -0.25) is 4.68 Å². The SMILES string of the molecule is CC/C(=C(/c1ccc(/C=C/C(=O)O)cc1)c1ccc2c(cnn2C)c1)c1ccccc1Cl. The number of aryl methyl sites for hydroxylation is 1. The Morgan fingerprint density at radius 3 is 2.47 bits per heavy atom. The van der Waals surface area contributed by atoms with Crippen LogP contribution in [0.2, 0.25) is 5.02 Å². The second-order valence-electron chi connectivity index (χ2n) is 7.52. The number of halogens is 1. The average Bonchev–Trinajstić information content (AvgIpc) is 3.17. The summed E-state index contributed by atoms with van der Waals surface area (Å²) in [5.41, 5.74) is 7.27. The Morgan fingerprint density at radius 2 is 1.78 bits per heavy atom. The van der Waals surface area contributed by atoms with Gasteiger partial charge in [-0.25, -0.2) is 4.79 Å². The fourth-order valence-electron chi connectivity index (χ4n) is 3.97. The Balaban J connectivity index is 1.93. The van der Waals surface area contributed by atoms with Crippen molar-refractivity contribution in [2.24, 2.45) is 7.05 Å². The highest BCUT2D eigenvalue weighted by molar-refractivity contribution is 6.32. The van der Waals surface area contributed by atoms with Gasteiger partial charge in [-0.15, -0.1) is 0 Å². The molecule has 4 aromatic rings. The van der Waals surface area contributed by atoms with E-state index in [4.69, 9.17) is 16.7 Å². The smallest absolute Gasteiger partial charge is 0.328 e. The molecule has 0 saturated carbocycles. The van der Waals surface area contributed by atoms with Crippen LogP contribution in [-0.4, -0.2) is 20.9 Å². The second kappa shape index (κ2) is 9.25. The molecule has 1 N–H and O–H groups in total. The summed E-state index contributed by atoms with van der Waals surface area (Å²) < 4.78 is 1.86. The van der Waals surface area contributed by atoms with E-state index in [1.807, 2.05) is 66.5 Å². The lowest BCUT2D eigenvalue weighted by atomic mass is 9.87. The zero-order chi connectivity index (χ0) is 22.7. The van der Waals surface area contributed by atoms with Gasteiger partial charge in [0.25, 0.3) is 0 Å². The van der Waals surface area contributed by atoms with Crippen molar-refractivity contribution in [3.63, 3.8) is 0 Å². The molecule has 5 heteroatoms. The Bertz CT molecular complexity index is 1350. The van der Waals surface area contributed by atoms with E-state index in [2.05, 4.69) is 30.2 Å². The van der Waals surface area contributed by atoms with Crippen molar-refractivity contribution in [1.29, 1.82) is 0 Å². The van der Waals surface area contributed by atoms with Crippen LogP contribution in [0.5, 0.6) is 0 Å². The summed E-state index contributed by atoms with van der Waals surface area (Å²) in [6, 6.07) is 22.2. The van der Waals surface area contributed by atoms with Crippen LogP contribution < -0.4 is 0 Å². The fraction of sp³-hybridized carbons (Fsp3) is 0.111. The molecule has 0 fully saturated rings. The zero-order valence-electron chi connectivity index (χ0n) is 17.9. The summed E-state index contributed by atoms with van der Waals surface area (Å²) in [6.07, 6.45) is 5.40. The minimum Gasteiger partial charge on any atom is -0.478 e. The van der Waals surface area contributed by atoms with Gasteiger partial charge in [0.1, 0.15) is 0 Å². The van der Waals surface area contributed by atoms with Crippen LogP contribution in [0.15, 0.2) is 79.0 Å². The molecular weight excluding hydrogens is 420 g/mol. The van der Waals surface area contributed by atoms with E-state index in [0.717, 1.165) is 56.8 Å². The molecule has 0 atom stereocenters. The van der Waals surface area contributed by atoms with Crippen LogP contribution in [0.1, 0.15) is 35.6 Å². The number of allylic oxidation sites excluding steroid dienone is 1. The van der Waals surface area contributed by atoms with Crippen molar-refractivity contribution >= 4 is 45.7 Å². The first-order valence-corrected chi connectivity index (χ1v) is 10.8. The van der Waals surface area contributed by atoms with Gasteiger partial charge in [0.2, 0.25) is 0 Å². The molecule has 0 saturated heterocycles. The highest BCUT2D eigenvalue weighted by Gasteiger charge is 2.16. The summed E-state index contributed by atoms with van der Waals surface area (Å²) in [7, 11) is 1.93. The van der Waals surface area contributed by atoms with Gasteiger partial charge < -0.3 is 5.11 Å². The third-order valence-electron chi connectivity index (χ3n) is 5.51. The molecule has 4 nitrogen and oxygen atoms in total. The third-order valence-corrected chi connectivity index (χ3v) is 5.84. The Labute approximate surface area is 192 Å². The molecule has 160 valence electrons. The van der Waals surface area contributed by atoms with Gasteiger partial charge in [-0.05, 0) is 64.1 Å². The summed E-state index contributed by atoms with van der Waals surface area (Å²) in [5, 5.41) is 15.1. The van der Waals surface area contributed by atoms with Crippen molar-refractivity contribution in [2.45, 2.75) is 13.3 Å². The highest BCUT2D eigenvalue weighted by Crippen LogP contribution is 2.38. The quantitative estimate of drug-likeness (QED) is 0.267. The standard InChI is InChI=1S/C27H23ClN2O2/c1-3-22(23-6-4-5-7-24(23)28)27(19-11-8-18(9-12-19)10-15-26(31)32)20-13-14-25-21(16-20)17-29-30(25)2/h4-17H,3H2,1-2H3,(H,31,32)/b15-10+,27-22+. The predicted molar refractivity (Wildman–Crippen MR) is 131 cm³/mol. The van der Waals surface area contributed by atoms with Crippen LogP contribution in [0, 0.1) is 0 Å². The van der Waals surface area contributed by atoms with Crippen molar-refractivity contribution < 1.29 is 9.90 Å². The molecule has 0 aliphatic carbocycles. The fourth-order valence-corrected chi connectivity index (χ4v) is 4.22. The first kappa shape index (κ1) is 21.6. The molecule has 0 bridgehead atoms. The molecule has 0 aliphatic rings. The number of fused-ring (bicyclic) bond motifs is 1. The van der Waals surface area contributed by atoms with E-state index in [0.29, 0.717) is 5.02 Å². The first-order chi connectivity index (χ1) is 15.5. The maximum Gasteiger partial charge on any atom is 0.328 e. The van der Waals surface area contributed by atoms with Gasteiger partial charge in [-0.2, -0.15) is 5.10 Å². The van der Waals surface area contributed by atoms with Gasteiger partial charge in [0, 0.05) is 23.5 Å². The van der Waals surface area contributed by atoms with E-state index in [-0.39, 0.29) is 0 Å². The van der Waals surface area contributed by atoms with Crippen molar-refractivity contribution in [3.05, 3.63) is 106 Å². The summed E-state index contributed by atoms with van der Waals surface area (Å²) in [6.45, 7) is 2.13. The number of nitrogens with zero attached hydrogens (tertiary/aromatic N) is 2. The molecular formula is C27H23ClN2O2. The number of carbonyl (C=O) groups is 1. The molecule has 0 spiro atoms. The van der Waals surface area contributed by atoms with Crippen LogP contribution in [0.4, 0.5) is 0 Å². The van der Waals surface area contributed by atoms with E-state index in [9.17, 15) is 4.79 Å². The summed E-state index contributed by atoms with van der Waals surface area (Å²) in [4.78, 5) is 10.8. The lowest BCUT2D eigenvalue weighted by molar-refractivity contribution is -0.131. The molecule has 0 aliphatic heterocycles. The number of carboxylic acid groups (broad SMARTS) is 1. The largest absolute Gasteiger partial charge is 0.478 e. The number of rotatable bonds is 6. The summed E-state index contributed by atoms with van der Waals surface area (Å²) >= 11 is 6.60. The minimum atomic E-state index is -0.966. The number of hydrogen-bond acceptors (Lipinski definition) is 2. The lowest BCUT2D eigenvalue weighted by Gasteiger charge is -2.17. The molecule has 0 amide bonds. The van der Waals surface area contributed by atoms with Gasteiger partial charge in [-0.1, -0.05) is 67.1 Å². The number of hydrogen-bond donors (Lipinski definition) is 1. The van der Waals surface area contributed by atoms with Gasteiger partial charge >= 0.3 is 5.97 Å². The normalized spacial score (nSPS) is 12.3. The molecule has 4 rings (SSSR count). The van der Waals surface area contributed by atoms with E-state index in [1.165, 1.54) is 0 Å². The van der Waals surface area contributed by atoms with Gasteiger partial charge in [0.05, 0.1) is 11.7 Å². The highest BCUT2D eigenvalue weighted by atomic mass is 35.5. The summed E-state index contributed by atoms with van der Waals surface area (Å²) in [5.74, 6) is -0.966. The van der Waals surface area contributed by atoms with E-state index < -0.39 is 5.97 Å². The van der Waals surface area contributed by atoms with Crippen LogP contribution >= 0.6 is 11.6 Å². The molecule has 32 heavy (non-hydrogen) atoms. The zero-order valence-corrected chi connectivity index (χ0v) is 18.7. The van der Waals surface area contributed by atoms with Crippen LogP contribution in [0.25, 0.3) is 28.1 Å². The number of aliphatic carboxylic acids is 1. The molecule has 0 unspecified atom stereocenters. The average molecular weight is 443 g/mol.